The molecule has 1 heterocycles. The highest BCUT2D eigenvalue weighted by Crippen LogP contribution is 2.20. The average Bonchev–Trinajstić information content (AvgIpc) is 2.58. The highest BCUT2D eigenvalue weighted by Gasteiger charge is 2.12. The van der Waals surface area contributed by atoms with Crippen molar-refractivity contribution in [3.63, 3.8) is 0 Å². The quantitative estimate of drug-likeness (QED) is 0.766. The zero-order valence-electron chi connectivity index (χ0n) is 10.7. The molecule has 3 N–H and O–H groups in total. The molecule has 0 spiro atoms. The van der Waals surface area contributed by atoms with Gasteiger partial charge in [-0.3, -0.25) is 0 Å². The first-order valence-corrected chi connectivity index (χ1v) is 5.98. The molecule has 0 saturated heterocycles. The maximum absolute atomic E-state index is 10.8. The molecule has 0 unspecified atom stereocenters. The molecule has 0 aliphatic heterocycles. The number of aliphatic carboxylic acids is 1. The van der Waals surface area contributed by atoms with E-state index in [9.17, 15) is 9.90 Å². The van der Waals surface area contributed by atoms with E-state index in [-0.39, 0.29) is 6.54 Å². The Balaban J connectivity index is 2.64. The maximum atomic E-state index is 10.8. The van der Waals surface area contributed by atoms with Crippen LogP contribution in [-0.4, -0.2) is 22.1 Å². The van der Waals surface area contributed by atoms with Crippen LogP contribution in [0, 0.1) is 13.8 Å². The number of carbonyl (C=O) groups excluding carboxylic acids is 1. The molecule has 2 rings (SSSR count). The molecule has 5 nitrogen and oxygen atoms in total. The van der Waals surface area contributed by atoms with Crippen molar-refractivity contribution >= 4 is 17.0 Å². The van der Waals surface area contributed by atoms with Crippen molar-refractivity contribution in [2.24, 2.45) is 0 Å². The van der Waals surface area contributed by atoms with E-state index >= 15 is 0 Å². The summed E-state index contributed by atoms with van der Waals surface area (Å²) >= 11 is 0. The fourth-order valence-electron chi connectivity index (χ4n) is 2.08. The van der Waals surface area contributed by atoms with Crippen LogP contribution in [0.2, 0.25) is 0 Å². The topological polar surface area (TPSA) is 85.6 Å². The zero-order valence-corrected chi connectivity index (χ0v) is 10.7. The van der Waals surface area contributed by atoms with Crippen molar-refractivity contribution in [1.82, 2.24) is 9.55 Å². The Labute approximate surface area is 105 Å². The second-order valence-corrected chi connectivity index (χ2v) is 4.51. The Morgan fingerprint density at radius 1 is 1.39 bits per heavy atom. The predicted molar refractivity (Wildman–Crippen MR) is 65.7 cm³/mol. The lowest BCUT2D eigenvalue weighted by molar-refractivity contribution is -0.366. The monoisotopic (exact) mass is 247 g/mol. The molecule has 0 aliphatic rings. The zero-order chi connectivity index (χ0) is 13.3. The number of aryl methyl sites for hydroxylation is 2. The van der Waals surface area contributed by atoms with Crippen LogP contribution in [0.15, 0.2) is 12.1 Å². The summed E-state index contributed by atoms with van der Waals surface area (Å²) < 4.78 is 1.71. The van der Waals surface area contributed by atoms with Gasteiger partial charge in [0.25, 0.3) is 0 Å². The van der Waals surface area contributed by atoms with Gasteiger partial charge in [0.15, 0.2) is 0 Å². The SMILES string of the molecule is Cc1cc2nc(CC[NH3+])n(CC(=O)[O-])c2cc1C. The highest BCUT2D eigenvalue weighted by molar-refractivity contribution is 5.79. The molecule has 0 saturated carbocycles. The minimum absolute atomic E-state index is 0.158. The summed E-state index contributed by atoms with van der Waals surface area (Å²) in [4.78, 5) is 15.3. The van der Waals surface area contributed by atoms with Crippen LogP contribution in [0.25, 0.3) is 11.0 Å². The molecule has 0 amide bonds. The second kappa shape index (κ2) is 4.78. The number of benzene rings is 1. The van der Waals surface area contributed by atoms with Crippen LogP contribution in [0.5, 0.6) is 0 Å². The fourth-order valence-corrected chi connectivity index (χ4v) is 2.08. The van der Waals surface area contributed by atoms with Crippen LogP contribution in [0.1, 0.15) is 17.0 Å². The third-order valence-corrected chi connectivity index (χ3v) is 3.13. The van der Waals surface area contributed by atoms with Crippen molar-refractivity contribution in [2.75, 3.05) is 6.54 Å². The Bertz CT molecular complexity index is 602. The van der Waals surface area contributed by atoms with E-state index in [0.29, 0.717) is 13.0 Å². The summed E-state index contributed by atoms with van der Waals surface area (Å²) in [7, 11) is 0. The molecule has 96 valence electrons. The number of nitrogens with zero attached hydrogens (tertiary/aromatic N) is 2. The van der Waals surface area contributed by atoms with Crippen LogP contribution >= 0.6 is 0 Å². The summed E-state index contributed by atoms with van der Waals surface area (Å²) in [6.45, 7) is 4.56. The molecule has 2 aromatic rings. The molecule has 0 fully saturated rings. The van der Waals surface area contributed by atoms with Gasteiger partial charge < -0.3 is 20.2 Å². The minimum atomic E-state index is -1.10. The van der Waals surface area contributed by atoms with Gasteiger partial charge in [-0.15, -0.1) is 0 Å². The first-order valence-electron chi connectivity index (χ1n) is 5.98. The lowest BCUT2D eigenvalue weighted by Crippen LogP contribution is -2.51. The van der Waals surface area contributed by atoms with Crippen LogP contribution in [0.4, 0.5) is 0 Å². The van der Waals surface area contributed by atoms with E-state index in [2.05, 4.69) is 10.7 Å². The lowest BCUT2D eigenvalue weighted by atomic mass is 10.1. The Kier molecular flexibility index (Phi) is 3.34. The van der Waals surface area contributed by atoms with Crippen LogP contribution in [0.3, 0.4) is 0 Å². The third kappa shape index (κ3) is 2.22. The van der Waals surface area contributed by atoms with Gasteiger partial charge in [0.2, 0.25) is 0 Å². The van der Waals surface area contributed by atoms with Crippen LogP contribution in [-0.2, 0) is 17.8 Å². The number of rotatable bonds is 4. The van der Waals surface area contributed by atoms with Crippen molar-refractivity contribution in [3.8, 4) is 0 Å². The van der Waals surface area contributed by atoms with Crippen molar-refractivity contribution < 1.29 is 15.6 Å². The second-order valence-electron chi connectivity index (χ2n) is 4.51. The van der Waals surface area contributed by atoms with E-state index < -0.39 is 5.97 Å². The fraction of sp³-hybridized carbons (Fsp3) is 0.385. The van der Waals surface area contributed by atoms with Gasteiger partial charge in [-0.05, 0) is 37.1 Å². The third-order valence-electron chi connectivity index (χ3n) is 3.13. The number of hydrogen-bond acceptors (Lipinski definition) is 3. The molecule has 1 aromatic heterocycles. The molecule has 0 aliphatic carbocycles. The number of carbonyl (C=O) groups is 1. The molecular formula is C13H17N3O2. The molecule has 1 aromatic carbocycles. The predicted octanol–water partition coefficient (Wildman–Crippen LogP) is -0.813. The summed E-state index contributed by atoms with van der Waals surface area (Å²) in [5.74, 6) is -0.341. The highest BCUT2D eigenvalue weighted by atomic mass is 16.4. The van der Waals surface area contributed by atoms with E-state index in [0.717, 1.165) is 28.0 Å². The number of carboxylic acids is 1. The Morgan fingerprint density at radius 3 is 2.67 bits per heavy atom. The standard InChI is InChI=1S/C13H17N3O2/c1-8-5-10-11(6-9(8)2)16(7-13(17)18)12(15-10)3-4-14/h5-6H,3-4,7,14H2,1-2H3,(H,17,18). The largest absolute Gasteiger partial charge is 0.548 e. The average molecular weight is 247 g/mol. The normalized spacial score (nSPS) is 11.1. The lowest BCUT2D eigenvalue weighted by Gasteiger charge is -2.09. The summed E-state index contributed by atoms with van der Waals surface area (Å²) in [5, 5.41) is 10.8. The number of hydrogen-bond donors (Lipinski definition) is 1. The van der Waals surface area contributed by atoms with E-state index in [4.69, 9.17) is 0 Å². The van der Waals surface area contributed by atoms with Gasteiger partial charge in [0, 0.05) is 0 Å². The van der Waals surface area contributed by atoms with Gasteiger partial charge in [0.05, 0.1) is 36.5 Å². The summed E-state index contributed by atoms with van der Waals surface area (Å²) in [6, 6.07) is 3.97. The van der Waals surface area contributed by atoms with Crippen molar-refractivity contribution in [2.45, 2.75) is 26.8 Å². The molecule has 0 radical (unpaired) electrons. The first kappa shape index (κ1) is 12.6. The maximum Gasteiger partial charge on any atom is 0.115 e. The Hall–Kier alpha value is -1.88. The summed E-state index contributed by atoms with van der Waals surface area (Å²) in [5.41, 5.74) is 7.76. The van der Waals surface area contributed by atoms with E-state index in [1.807, 2.05) is 26.0 Å². The number of imidazole rings is 1. The van der Waals surface area contributed by atoms with Crippen molar-refractivity contribution in [3.05, 3.63) is 29.1 Å². The first-order chi connectivity index (χ1) is 8.52. The van der Waals surface area contributed by atoms with Crippen LogP contribution < -0.4 is 10.8 Å². The van der Waals surface area contributed by atoms with Gasteiger partial charge >= 0.3 is 0 Å². The van der Waals surface area contributed by atoms with Gasteiger partial charge in [-0.25, -0.2) is 4.98 Å². The van der Waals surface area contributed by atoms with Gasteiger partial charge in [-0.2, -0.15) is 0 Å². The molecular weight excluding hydrogens is 230 g/mol. The minimum Gasteiger partial charge on any atom is -0.548 e. The Morgan fingerprint density at radius 2 is 2.06 bits per heavy atom. The van der Waals surface area contributed by atoms with Crippen molar-refractivity contribution in [1.29, 1.82) is 0 Å². The molecule has 5 heteroatoms. The van der Waals surface area contributed by atoms with E-state index in [1.54, 1.807) is 4.57 Å². The smallest absolute Gasteiger partial charge is 0.115 e. The summed E-state index contributed by atoms with van der Waals surface area (Å²) in [6.07, 6.45) is 0.667. The number of aromatic nitrogens is 2. The van der Waals surface area contributed by atoms with E-state index in [1.165, 1.54) is 0 Å². The number of fused-ring (bicyclic) bond motifs is 1. The van der Waals surface area contributed by atoms with Gasteiger partial charge in [0.1, 0.15) is 5.82 Å². The van der Waals surface area contributed by atoms with Gasteiger partial charge in [-0.1, -0.05) is 0 Å². The molecule has 18 heavy (non-hydrogen) atoms. The number of quaternary nitrogens is 1. The number of carboxylic acid groups (broad SMARTS) is 1. The molecule has 0 bridgehead atoms. The molecule has 0 atom stereocenters.